The monoisotopic (exact) mass is 234 g/mol. The van der Waals surface area contributed by atoms with Gasteiger partial charge in [-0.25, -0.2) is 0 Å². The lowest BCUT2D eigenvalue weighted by Crippen LogP contribution is -2.33. The van der Waals surface area contributed by atoms with Crippen LogP contribution in [-0.4, -0.2) is 18.2 Å². The second-order valence-electron chi connectivity index (χ2n) is 4.80. The van der Waals surface area contributed by atoms with Gasteiger partial charge >= 0.3 is 5.97 Å². The molecular weight excluding hydrogens is 216 g/mol. The molecule has 1 fully saturated rings. The molecule has 3 heteroatoms. The van der Waals surface area contributed by atoms with E-state index in [1.54, 1.807) is 7.11 Å². The van der Waals surface area contributed by atoms with Gasteiger partial charge in [0, 0.05) is 5.56 Å². The van der Waals surface area contributed by atoms with E-state index in [1.165, 1.54) is 0 Å². The number of aliphatic carboxylic acids is 1. The molecule has 0 radical (unpaired) electrons. The van der Waals surface area contributed by atoms with Crippen molar-refractivity contribution in [2.75, 3.05) is 7.11 Å². The number of hydrogen-bond acceptors (Lipinski definition) is 2. The van der Waals surface area contributed by atoms with Crippen LogP contribution in [0.15, 0.2) is 18.2 Å². The zero-order valence-corrected chi connectivity index (χ0v) is 10.3. The molecule has 0 atom stereocenters. The second kappa shape index (κ2) is 4.40. The van der Waals surface area contributed by atoms with Crippen molar-refractivity contribution >= 4 is 5.97 Å². The van der Waals surface area contributed by atoms with E-state index in [4.69, 9.17) is 4.74 Å². The van der Waals surface area contributed by atoms with Crippen molar-refractivity contribution < 1.29 is 14.6 Å². The molecule has 0 spiro atoms. The first-order valence-electron chi connectivity index (χ1n) is 5.99. The summed E-state index contributed by atoms with van der Waals surface area (Å²) in [6.45, 7) is 1.98. The molecular formula is C14H18O3. The van der Waals surface area contributed by atoms with Crippen LogP contribution in [0, 0.1) is 6.92 Å². The Bertz CT molecular complexity index is 431. The maximum atomic E-state index is 11.6. The fourth-order valence-electron chi connectivity index (χ4n) is 2.77. The van der Waals surface area contributed by atoms with E-state index in [0.29, 0.717) is 18.6 Å². The summed E-state index contributed by atoms with van der Waals surface area (Å²) in [7, 11) is 1.60. The molecule has 0 aromatic heterocycles. The molecule has 0 amide bonds. The Hall–Kier alpha value is -1.51. The Morgan fingerprint density at radius 2 is 2.00 bits per heavy atom. The minimum Gasteiger partial charge on any atom is -0.496 e. The van der Waals surface area contributed by atoms with Crippen LogP contribution < -0.4 is 4.74 Å². The van der Waals surface area contributed by atoms with Gasteiger partial charge in [-0.2, -0.15) is 0 Å². The Balaban J connectivity index is 2.56. The first-order chi connectivity index (χ1) is 8.10. The summed E-state index contributed by atoms with van der Waals surface area (Å²) in [5.74, 6) is -0.0289. The molecule has 0 saturated heterocycles. The normalized spacial score (nSPS) is 18.0. The average molecular weight is 234 g/mol. The van der Waals surface area contributed by atoms with Crippen LogP contribution in [0.4, 0.5) is 0 Å². The van der Waals surface area contributed by atoms with Gasteiger partial charge in [0.2, 0.25) is 0 Å². The standard InChI is InChI=1S/C14H18O3/c1-10-5-6-12(17-2)11(9-10)14(13(15)16)7-3-4-8-14/h5-6,9H,3-4,7-8H2,1-2H3,(H,15,16). The average Bonchev–Trinajstić information content (AvgIpc) is 2.79. The number of carbonyl (C=O) groups is 1. The molecule has 0 bridgehead atoms. The van der Waals surface area contributed by atoms with E-state index in [2.05, 4.69) is 0 Å². The topological polar surface area (TPSA) is 46.5 Å². The fraction of sp³-hybridized carbons (Fsp3) is 0.500. The molecule has 0 aliphatic heterocycles. The second-order valence-corrected chi connectivity index (χ2v) is 4.80. The van der Waals surface area contributed by atoms with Crippen molar-refractivity contribution in [1.82, 2.24) is 0 Å². The Morgan fingerprint density at radius 1 is 1.35 bits per heavy atom. The van der Waals surface area contributed by atoms with E-state index in [-0.39, 0.29) is 0 Å². The van der Waals surface area contributed by atoms with Crippen LogP contribution in [0.2, 0.25) is 0 Å². The summed E-state index contributed by atoms with van der Waals surface area (Å²) in [6, 6.07) is 5.78. The molecule has 1 N–H and O–H groups in total. The quantitative estimate of drug-likeness (QED) is 0.874. The number of ether oxygens (including phenoxy) is 1. The van der Waals surface area contributed by atoms with Gasteiger partial charge in [-0.1, -0.05) is 30.5 Å². The molecule has 2 rings (SSSR count). The molecule has 3 nitrogen and oxygen atoms in total. The van der Waals surface area contributed by atoms with Crippen LogP contribution in [0.1, 0.15) is 36.8 Å². The maximum absolute atomic E-state index is 11.6. The Morgan fingerprint density at radius 3 is 2.53 bits per heavy atom. The van der Waals surface area contributed by atoms with E-state index >= 15 is 0 Å². The van der Waals surface area contributed by atoms with Gasteiger partial charge < -0.3 is 9.84 Å². The van der Waals surface area contributed by atoms with Crippen LogP contribution in [0.3, 0.4) is 0 Å². The molecule has 0 unspecified atom stereocenters. The zero-order valence-electron chi connectivity index (χ0n) is 10.3. The lowest BCUT2D eigenvalue weighted by atomic mass is 9.78. The maximum Gasteiger partial charge on any atom is 0.314 e. The van der Waals surface area contributed by atoms with E-state index in [9.17, 15) is 9.90 Å². The summed E-state index contributed by atoms with van der Waals surface area (Å²) >= 11 is 0. The first-order valence-corrected chi connectivity index (χ1v) is 5.99. The minimum atomic E-state index is -0.739. The molecule has 1 aliphatic carbocycles. The minimum absolute atomic E-state index is 0.694. The highest BCUT2D eigenvalue weighted by molar-refractivity contribution is 5.83. The predicted molar refractivity (Wildman–Crippen MR) is 65.5 cm³/mol. The van der Waals surface area contributed by atoms with Gasteiger partial charge in [0.25, 0.3) is 0 Å². The van der Waals surface area contributed by atoms with Gasteiger partial charge in [-0.05, 0) is 25.8 Å². The summed E-state index contributed by atoms with van der Waals surface area (Å²) in [5, 5.41) is 9.57. The zero-order chi connectivity index (χ0) is 12.5. The summed E-state index contributed by atoms with van der Waals surface area (Å²) in [5.41, 5.74) is 1.18. The van der Waals surface area contributed by atoms with Gasteiger partial charge in [0.15, 0.2) is 0 Å². The smallest absolute Gasteiger partial charge is 0.314 e. The number of carboxylic acids is 1. The molecule has 1 saturated carbocycles. The van der Waals surface area contributed by atoms with Gasteiger partial charge in [-0.15, -0.1) is 0 Å². The Kier molecular flexibility index (Phi) is 3.09. The number of aryl methyl sites for hydroxylation is 1. The highest BCUT2D eigenvalue weighted by atomic mass is 16.5. The van der Waals surface area contributed by atoms with E-state index < -0.39 is 11.4 Å². The van der Waals surface area contributed by atoms with Crippen LogP contribution >= 0.6 is 0 Å². The molecule has 0 heterocycles. The van der Waals surface area contributed by atoms with Crippen LogP contribution in [-0.2, 0) is 10.2 Å². The van der Waals surface area contributed by atoms with E-state index in [0.717, 1.165) is 24.0 Å². The Labute approximate surface area is 101 Å². The number of methoxy groups -OCH3 is 1. The lowest BCUT2D eigenvalue weighted by molar-refractivity contribution is -0.143. The third-order valence-corrected chi connectivity index (χ3v) is 3.74. The highest BCUT2D eigenvalue weighted by Crippen LogP contribution is 2.45. The largest absolute Gasteiger partial charge is 0.496 e. The lowest BCUT2D eigenvalue weighted by Gasteiger charge is -2.26. The number of carboxylic acid groups (broad SMARTS) is 1. The first kappa shape index (κ1) is 12.0. The van der Waals surface area contributed by atoms with Crippen LogP contribution in [0.25, 0.3) is 0 Å². The summed E-state index contributed by atoms with van der Waals surface area (Å²) in [6.07, 6.45) is 3.37. The van der Waals surface area contributed by atoms with Crippen molar-refractivity contribution in [2.24, 2.45) is 0 Å². The third kappa shape index (κ3) is 1.90. The summed E-state index contributed by atoms with van der Waals surface area (Å²) in [4.78, 5) is 11.6. The van der Waals surface area contributed by atoms with Gasteiger partial charge in [0.1, 0.15) is 5.75 Å². The van der Waals surface area contributed by atoms with Gasteiger partial charge in [0.05, 0.1) is 12.5 Å². The highest BCUT2D eigenvalue weighted by Gasteiger charge is 2.44. The predicted octanol–water partition coefficient (Wildman–Crippen LogP) is 2.90. The SMILES string of the molecule is COc1ccc(C)cc1C1(C(=O)O)CCCC1. The summed E-state index contributed by atoms with van der Waals surface area (Å²) < 4.78 is 5.32. The fourth-order valence-corrected chi connectivity index (χ4v) is 2.77. The third-order valence-electron chi connectivity index (χ3n) is 3.74. The van der Waals surface area contributed by atoms with Crippen molar-refractivity contribution in [2.45, 2.75) is 38.0 Å². The van der Waals surface area contributed by atoms with Crippen LogP contribution in [0.5, 0.6) is 5.75 Å². The number of benzene rings is 1. The number of rotatable bonds is 3. The van der Waals surface area contributed by atoms with Gasteiger partial charge in [-0.3, -0.25) is 4.79 Å². The molecule has 92 valence electrons. The number of hydrogen-bond donors (Lipinski definition) is 1. The van der Waals surface area contributed by atoms with Crippen molar-refractivity contribution in [3.05, 3.63) is 29.3 Å². The van der Waals surface area contributed by atoms with Crippen molar-refractivity contribution in [3.63, 3.8) is 0 Å². The molecule has 1 aromatic carbocycles. The van der Waals surface area contributed by atoms with Crippen molar-refractivity contribution in [1.29, 1.82) is 0 Å². The molecule has 17 heavy (non-hydrogen) atoms. The van der Waals surface area contributed by atoms with E-state index in [1.807, 2.05) is 25.1 Å². The molecule has 1 aromatic rings. The molecule has 1 aliphatic rings. The van der Waals surface area contributed by atoms with Crippen molar-refractivity contribution in [3.8, 4) is 5.75 Å².